The molecule has 36 heavy (non-hydrogen) atoms. The van der Waals surface area contributed by atoms with Gasteiger partial charge in [-0.25, -0.2) is 23.4 Å². The van der Waals surface area contributed by atoms with E-state index in [9.17, 15) is 18.4 Å². The Bertz CT molecular complexity index is 1250. The largest absolute Gasteiger partial charge is 0.495 e. The van der Waals surface area contributed by atoms with Crippen molar-refractivity contribution in [2.45, 2.75) is 6.92 Å². The number of hydrogen-bond acceptors (Lipinski definition) is 5. The van der Waals surface area contributed by atoms with Crippen LogP contribution in [0.2, 0.25) is 0 Å². The quantitative estimate of drug-likeness (QED) is 0.477. The predicted molar refractivity (Wildman–Crippen MR) is 134 cm³/mol. The molecule has 11 heteroatoms. The third-order valence-electron chi connectivity index (χ3n) is 5.69. The van der Waals surface area contributed by atoms with Crippen LogP contribution in [0.3, 0.4) is 0 Å². The second kappa shape index (κ2) is 10.9. The third kappa shape index (κ3) is 5.98. The van der Waals surface area contributed by atoms with E-state index in [1.54, 1.807) is 30.2 Å². The molecule has 2 aromatic carbocycles. The number of piperazine rings is 1. The molecule has 4 amide bonds. The number of anilines is 4. The van der Waals surface area contributed by atoms with Crippen molar-refractivity contribution in [3.8, 4) is 5.75 Å². The first-order valence-corrected chi connectivity index (χ1v) is 11.3. The predicted octanol–water partition coefficient (Wildman–Crippen LogP) is 4.67. The number of urea groups is 2. The van der Waals surface area contributed by atoms with Gasteiger partial charge in [-0.3, -0.25) is 5.32 Å². The van der Waals surface area contributed by atoms with E-state index in [4.69, 9.17) is 4.74 Å². The number of nitrogens with one attached hydrogen (secondary N) is 3. The third-order valence-corrected chi connectivity index (χ3v) is 5.69. The monoisotopic (exact) mass is 496 g/mol. The van der Waals surface area contributed by atoms with E-state index in [0.717, 1.165) is 17.4 Å². The molecule has 4 rings (SSSR count). The molecule has 1 saturated heterocycles. The zero-order valence-electron chi connectivity index (χ0n) is 19.8. The number of rotatable bonds is 5. The van der Waals surface area contributed by atoms with Gasteiger partial charge in [0.2, 0.25) is 0 Å². The fourth-order valence-electron chi connectivity index (χ4n) is 3.81. The number of pyridine rings is 1. The summed E-state index contributed by atoms with van der Waals surface area (Å²) >= 11 is 0. The van der Waals surface area contributed by atoms with Crippen molar-refractivity contribution in [1.29, 1.82) is 0 Å². The summed E-state index contributed by atoms with van der Waals surface area (Å²) in [5.74, 6) is -1.48. The van der Waals surface area contributed by atoms with Crippen LogP contribution in [0.5, 0.6) is 5.75 Å². The molecule has 1 aromatic heterocycles. The van der Waals surface area contributed by atoms with Crippen molar-refractivity contribution in [2.24, 2.45) is 0 Å². The van der Waals surface area contributed by atoms with Crippen LogP contribution in [0.4, 0.5) is 41.2 Å². The van der Waals surface area contributed by atoms with Crippen LogP contribution < -0.4 is 25.6 Å². The molecule has 0 saturated carbocycles. The highest BCUT2D eigenvalue weighted by atomic mass is 19.1. The van der Waals surface area contributed by atoms with Gasteiger partial charge in [-0.1, -0.05) is 6.07 Å². The molecule has 188 valence electrons. The summed E-state index contributed by atoms with van der Waals surface area (Å²) in [5.41, 5.74) is 3.13. The Morgan fingerprint density at radius 1 is 0.944 bits per heavy atom. The number of carbonyl (C=O) groups excluding carboxylic acids is 2. The summed E-state index contributed by atoms with van der Waals surface area (Å²) in [6, 6.07) is 12.7. The van der Waals surface area contributed by atoms with Gasteiger partial charge in [0, 0.05) is 43.6 Å². The van der Waals surface area contributed by atoms with Crippen molar-refractivity contribution in [2.75, 3.05) is 54.1 Å². The second-order valence-corrected chi connectivity index (χ2v) is 8.22. The minimum atomic E-state index is -0.928. The molecule has 0 spiro atoms. The number of aromatic nitrogens is 1. The van der Waals surface area contributed by atoms with Crippen LogP contribution in [0.25, 0.3) is 0 Å². The SMILES string of the molecule is COc1ccc(C)cc1NC(=O)Nc1ccc(N2CCN(C(=O)Nc3ncc(F)cc3F)CC2)cc1. The van der Waals surface area contributed by atoms with Crippen molar-refractivity contribution in [3.05, 3.63) is 71.9 Å². The highest BCUT2D eigenvalue weighted by Crippen LogP contribution is 2.26. The van der Waals surface area contributed by atoms with Crippen LogP contribution >= 0.6 is 0 Å². The average molecular weight is 497 g/mol. The molecule has 1 aliphatic heterocycles. The van der Waals surface area contributed by atoms with E-state index in [1.165, 1.54) is 0 Å². The Balaban J connectivity index is 1.28. The minimum absolute atomic E-state index is 0.309. The first kappa shape index (κ1) is 24.7. The molecule has 1 aliphatic rings. The zero-order valence-corrected chi connectivity index (χ0v) is 19.8. The Morgan fingerprint density at radius 2 is 1.67 bits per heavy atom. The molecular weight excluding hydrogens is 470 g/mol. The maximum Gasteiger partial charge on any atom is 0.323 e. The van der Waals surface area contributed by atoms with Crippen LogP contribution in [0.1, 0.15) is 5.56 Å². The van der Waals surface area contributed by atoms with Gasteiger partial charge in [-0.15, -0.1) is 0 Å². The minimum Gasteiger partial charge on any atom is -0.495 e. The van der Waals surface area contributed by atoms with Crippen LogP contribution in [0.15, 0.2) is 54.7 Å². The van der Waals surface area contributed by atoms with E-state index >= 15 is 0 Å². The van der Waals surface area contributed by atoms with Gasteiger partial charge in [-0.05, 0) is 48.9 Å². The molecule has 0 unspecified atom stereocenters. The van der Waals surface area contributed by atoms with E-state index in [0.29, 0.717) is 49.4 Å². The number of carbonyl (C=O) groups is 2. The molecule has 0 bridgehead atoms. The van der Waals surface area contributed by atoms with Crippen molar-refractivity contribution < 1.29 is 23.1 Å². The molecule has 1 fully saturated rings. The average Bonchev–Trinajstić information content (AvgIpc) is 2.86. The first-order chi connectivity index (χ1) is 17.3. The van der Waals surface area contributed by atoms with Crippen LogP contribution in [-0.4, -0.2) is 55.2 Å². The molecule has 2 heterocycles. The fourth-order valence-corrected chi connectivity index (χ4v) is 3.81. The molecule has 3 aromatic rings. The highest BCUT2D eigenvalue weighted by Gasteiger charge is 2.22. The number of amides is 4. The standard InChI is InChI=1S/C25H26F2N6O3/c1-16-3-8-22(36-2)21(13-16)30-24(34)29-18-4-6-19(7-5-18)32-9-11-33(12-10-32)25(35)31-23-20(27)14-17(26)15-28-23/h3-8,13-15H,9-12H2,1-2H3,(H,28,31,35)(H2,29,30,34). The molecular formula is C25H26F2N6O3. The van der Waals surface area contributed by atoms with Crippen LogP contribution in [0, 0.1) is 18.6 Å². The molecule has 0 radical (unpaired) electrons. The smallest absolute Gasteiger partial charge is 0.323 e. The lowest BCUT2D eigenvalue weighted by atomic mass is 10.2. The van der Waals surface area contributed by atoms with Crippen molar-refractivity contribution in [1.82, 2.24) is 9.88 Å². The van der Waals surface area contributed by atoms with Crippen molar-refractivity contribution in [3.63, 3.8) is 0 Å². The van der Waals surface area contributed by atoms with Crippen molar-refractivity contribution >= 4 is 34.9 Å². The fraction of sp³-hybridized carbons (Fsp3) is 0.240. The zero-order chi connectivity index (χ0) is 25.7. The van der Waals surface area contributed by atoms with Gasteiger partial charge in [0.25, 0.3) is 0 Å². The number of halogens is 2. The second-order valence-electron chi connectivity index (χ2n) is 8.22. The number of aryl methyl sites for hydroxylation is 1. The van der Waals surface area contributed by atoms with E-state index in [-0.39, 0.29) is 5.82 Å². The lowest BCUT2D eigenvalue weighted by Gasteiger charge is -2.36. The summed E-state index contributed by atoms with van der Waals surface area (Å²) in [4.78, 5) is 32.1. The van der Waals surface area contributed by atoms with Gasteiger partial charge >= 0.3 is 12.1 Å². The Morgan fingerprint density at radius 3 is 2.33 bits per heavy atom. The maximum absolute atomic E-state index is 13.8. The topological polar surface area (TPSA) is 98.8 Å². The molecule has 9 nitrogen and oxygen atoms in total. The Hall–Kier alpha value is -4.41. The summed E-state index contributed by atoms with van der Waals surface area (Å²) in [6.45, 7) is 3.88. The van der Waals surface area contributed by atoms with E-state index in [2.05, 4.69) is 25.8 Å². The molecule has 0 atom stereocenters. The van der Waals surface area contributed by atoms with Gasteiger partial charge in [-0.2, -0.15) is 0 Å². The lowest BCUT2D eigenvalue weighted by molar-refractivity contribution is 0.208. The number of hydrogen-bond donors (Lipinski definition) is 3. The lowest BCUT2D eigenvalue weighted by Crippen LogP contribution is -2.50. The Labute approximate surface area is 207 Å². The molecule has 0 aliphatic carbocycles. The van der Waals surface area contributed by atoms with Gasteiger partial charge in [0.1, 0.15) is 11.6 Å². The summed E-state index contributed by atoms with van der Waals surface area (Å²) in [6.07, 6.45) is 0.845. The number of benzene rings is 2. The number of nitrogens with zero attached hydrogens (tertiary/aromatic N) is 3. The number of methoxy groups -OCH3 is 1. The van der Waals surface area contributed by atoms with E-state index in [1.807, 2.05) is 31.2 Å². The maximum atomic E-state index is 13.8. The summed E-state index contributed by atoms with van der Waals surface area (Å²) in [5, 5.41) is 7.97. The summed E-state index contributed by atoms with van der Waals surface area (Å²) < 4.78 is 32.0. The summed E-state index contributed by atoms with van der Waals surface area (Å²) in [7, 11) is 1.54. The molecule has 3 N–H and O–H groups in total. The normalized spacial score (nSPS) is 13.2. The van der Waals surface area contributed by atoms with E-state index < -0.39 is 23.7 Å². The first-order valence-electron chi connectivity index (χ1n) is 11.3. The van der Waals surface area contributed by atoms with Gasteiger partial charge in [0.05, 0.1) is 19.0 Å². The highest BCUT2D eigenvalue weighted by molar-refractivity contribution is 6.00. The number of ether oxygens (including phenoxy) is 1. The van der Waals surface area contributed by atoms with Crippen LogP contribution in [-0.2, 0) is 0 Å². The van der Waals surface area contributed by atoms with Gasteiger partial charge in [0.15, 0.2) is 11.6 Å². The Kier molecular flexibility index (Phi) is 7.47. The van der Waals surface area contributed by atoms with Gasteiger partial charge < -0.3 is 25.2 Å².